The largest absolute Gasteiger partial charge is 0.433 e. The van der Waals surface area contributed by atoms with Gasteiger partial charge < -0.3 is 11.1 Å². The number of aryl methyl sites for hydroxylation is 1. The first-order valence-corrected chi connectivity index (χ1v) is 6.87. The van der Waals surface area contributed by atoms with Gasteiger partial charge in [0, 0.05) is 24.8 Å². The molecule has 22 heavy (non-hydrogen) atoms. The van der Waals surface area contributed by atoms with Crippen molar-refractivity contribution in [3.05, 3.63) is 24.2 Å². The van der Waals surface area contributed by atoms with Gasteiger partial charge >= 0.3 is 6.18 Å². The summed E-state index contributed by atoms with van der Waals surface area (Å²) in [5.41, 5.74) is 5.06. The van der Waals surface area contributed by atoms with Crippen molar-refractivity contribution in [3.63, 3.8) is 0 Å². The monoisotopic (exact) mass is 314 g/mol. The number of nitrogens with two attached hydrogens (primary N) is 1. The van der Waals surface area contributed by atoms with Gasteiger partial charge in [0.15, 0.2) is 5.69 Å². The third-order valence-corrected chi connectivity index (χ3v) is 2.93. The second-order valence-electron chi connectivity index (χ2n) is 4.61. The molecule has 0 amide bonds. The topological polar surface area (TPSA) is 81.7 Å². The van der Waals surface area contributed by atoms with Crippen LogP contribution in [-0.4, -0.2) is 32.8 Å². The molecule has 2 aromatic rings. The third kappa shape index (κ3) is 3.94. The van der Waals surface area contributed by atoms with Crippen LogP contribution in [0.1, 0.15) is 19.0 Å². The van der Waals surface area contributed by atoms with E-state index in [2.05, 4.69) is 20.4 Å². The Labute approximate surface area is 125 Å². The number of rotatable bonds is 6. The van der Waals surface area contributed by atoms with E-state index >= 15 is 0 Å². The average molecular weight is 314 g/mol. The first-order valence-electron chi connectivity index (χ1n) is 6.87. The van der Waals surface area contributed by atoms with Gasteiger partial charge in [0.1, 0.15) is 0 Å². The summed E-state index contributed by atoms with van der Waals surface area (Å²) in [4.78, 5) is 7.63. The molecule has 6 nitrogen and oxygen atoms in total. The van der Waals surface area contributed by atoms with Crippen LogP contribution < -0.4 is 11.1 Å². The summed E-state index contributed by atoms with van der Waals surface area (Å²) in [5.74, 6) is -0.0671. The quantitative estimate of drug-likeness (QED) is 0.798. The molecule has 0 aliphatic rings. The van der Waals surface area contributed by atoms with Crippen molar-refractivity contribution in [2.24, 2.45) is 5.73 Å². The van der Waals surface area contributed by atoms with E-state index in [4.69, 9.17) is 5.73 Å². The molecule has 0 spiro atoms. The number of hydrogen-bond donors (Lipinski definition) is 2. The van der Waals surface area contributed by atoms with Crippen LogP contribution in [0.25, 0.3) is 11.3 Å². The lowest BCUT2D eigenvalue weighted by Gasteiger charge is -2.10. The maximum absolute atomic E-state index is 13.0. The third-order valence-electron chi connectivity index (χ3n) is 2.93. The van der Waals surface area contributed by atoms with Crippen molar-refractivity contribution in [1.29, 1.82) is 0 Å². The molecular weight excluding hydrogens is 297 g/mol. The first-order chi connectivity index (χ1) is 10.4. The highest BCUT2D eigenvalue weighted by Gasteiger charge is 2.33. The van der Waals surface area contributed by atoms with Crippen LogP contribution in [-0.2, 0) is 12.7 Å². The number of alkyl halides is 3. The van der Waals surface area contributed by atoms with Crippen LogP contribution in [0.2, 0.25) is 0 Å². The summed E-state index contributed by atoms with van der Waals surface area (Å²) in [6, 6.07) is 0.922. The van der Waals surface area contributed by atoms with Crippen LogP contribution in [0, 0.1) is 0 Å². The predicted octanol–water partition coefficient (Wildman–Crippen LogP) is 2.14. The summed E-state index contributed by atoms with van der Waals surface area (Å²) < 4.78 is 40.5. The lowest BCUT2D eigenvalue weighted by atomic mass is 10.2. The highest BCUT2D eigenvalue weighted by molar-refractivity contribution is 5.59. The number of nitrogens with one attached hydrogen (secondary N) is 1. The van der Waals surface area contributed by atoms with E-state index in [1.54, 1.807) is 10.9 Å². The van der Waals surface area contributed by atoms with Gasteiger partial charge in [0.2, 0.25) is 5.95 Å². The van der Waals surface area contributed by atoms with E-state index in [9.17, 15) is 13.2 Å². The molecule has 0 unspecified atom stereocenters. The maximum atomic E-state index is 13.0. The molecule has 120 valence electrons. The predicted molar refractivity (Wildman–Crippen MR) is 76.1 cm³/mol. The summed E-state index contributed by atoms with van der Waals surface area (Å²) in [6.45, 7) is 3.35. The molecular formula is C13H17F3N6. The molecule has 0 saturated heterocycles. The Morgan fingerprint density at radius 3 is 2.68 bits per heavy atom. The molecule has 0 aliphatic heterocycles. The average Bonchev–Trinajstić information content (AvgIpc) is 2.95. The van der Waals surface area contributed by atoms with Crippen molar-refractivity contribution >= 4 is 5.95 Å². The molecule has 0 aromatic carbocycles. The van der Waals surface area contributed by atoms with E-state index in [0.29, 0.717) is 31.6 Å². The second-order valence-corrected chi connectivity index (χ2v) is 4.61. The zero-order valence-corrected chi connectivity index (χ0v) is 12.1. The molecule has 0 atom stereocenters. The van der Waals surface area contributed by atoms with Gasteiger partial charge in [-0.3, -0.25) is 4.68 Å². The molecule has 2 aromatic heterocycles. The summed E-state index contributed by atoms with van der Waals surface area (Å²) in [6.07, 6.45) is -0.798. The Morgan fingerprint density at radius 1 is 1.32 bits per heavy atom. The molecule has 2 heterocycles. The second kappa shape index (κ2) is 6.73. The first kappa shape index (κ1) is 16.2. The van der Waals surface area contributed by atoms with E-state index < -0.39 is 11.9 Å². The number of hydrogen-bond acceptors (Lipinski definition) is 5. The van der Waals surface area contributed by atoms with Gasteiger partial charge in [-0.25, -0.2) is 9.97 Å². The fraction of sp³-hybridized carbons (Fsp3) is 0.462. The van der Waals surface area contributed by atoms with Crippen molar-refractivity contribution < 1.29 is 13.2 Å². The van der Waals surface area contributed by atoms with Crippen molar-refractivity contribution in [2.75, 3.05) is 18.4 Å². The van der Waals surface area contributed by atoms with Gasteiger partial charge in [-0.15, -0.1) is 0 Å². The van der Waals surface area contributed by atoms with Gasteiger partial charge in [-0.1, -0.05) is 0 Å². The van der Waals surface area contributed by atoms with Crippen molar-refractivity contribution in [1.82, 2.24) is 19.7 Å². The Kier molecular flexibility index (Phi) is 4.96. The van der Waals surface area contributed by atoms with E-state index in [1.165, 1.54) is 6.20 Å². The van der Waals surface area contributed by atoms with Crippen LogP contribution in [0.5, 0.6) is 0 Å². The van der Waals surface area contributed by atoms with Gasteiger partial charge in [0.05, 0.1) is 11.9 Å². The lowest BCUT2D eigenvalue weighted by Crippen LogP contribution is -2.14. The van der Waals surface area contributed by atoms with Crippen molar-refractivity contribution in [2.45, 2.75) is 26.1 Å². The molecule has 3 N–H and O–H groups in total. The zero-order chi connectivity index (χ0) is 16.2. The molecule has 0 bridgehead atoms. The molecule has 0 saturated carbocycles. The zero-order valence-electron chi connectivity index (χ0n) is 12.1. The highest BCUT2D eigenvalue weighted by Crippen LogP contribution is 2.31. The standard InChI is InChI=1S/C13H17F3N6/c1-2-22-8-9(7-19-22)10-6-11(13(14,15)16)21-12(20-10)18-5-3-4-17/h6-8H,2-5,17H2,1H3,(H,18,20,21). The SMILES string of the molecule is CCn1cc(-c2cc(C(F)(F)F)nc(NCCCN)n2)cn1. The maximum Gasteiger partial charge on any atom is 0.433 e. The fourth-order valence-electron chi connectivity index (χ4n) is 1.79. The normalized spacial score (nSPS) is 11.7. The summed E-state index contributed by atoms with van der Waals surface area (Å²) in [5, 5.41) is 6.81. The fourth-order valence-corrected chi connectivity index (χ4v) is 1.79. The summed E-state index contributed by atoms with van der Waals surface area (Å²) in [7, 11) is 0. The van der Waals surface area contributed by atoms with Crippen LogP contribution in [0.15, 0.2) is 18.5 Å². The van der Waals surface area contributed by atoms with Crippen molar-refractivity contribution in [3.8, 4) is 11.3 Å². The van der Waals surface area contributed by atoms with Gasteiger partial charge in [-0.2, -0.15) is 18.3 Å². The smallest absolute Gasteiger partial charge is 0.354 e. The Balaban J connectivity index is 2.37. The van der Waals surface area contributed by atoms with E-state index in [-0.39, 0.29) is 11.6 Å². The molecule has 2 rings (SSSR count). The minimum absolute atomic E-state index is 0.0671. The highest BCUT2D eigenvalue weighted by atomic mass is 19.4. The number of nitrogens with zero attached hydrogens (tertiary/aromatic N) is 4. The van der Waals surface area contributed by atoms with E-state index in [0.717, 1.165) is 6.07 Å². The lowest BCUT2D eigenvalue weighted by molar-refractivity contribution is -0.141. The number of anilines is 1. The Hall–Kier alpha value is -2.16. The Morgan fingerprint density at radius 2 is 2.09 bits per heavy atom. The molecule has 0 radical (unpaired) electrons. The van der Waals surface area contributed by atoms with E-state index in [1.807, 2.05) is 6.92 Å². The van der Waals surface area contributed by atoms with Crippen LogP contribution in [0.3, 0.4) is 0 Å². The molecule has 0 fully saturated rings. The van der Waals surface area contributed by atoms with Gasteiger partial charge in [-0.05, 0) is 26.0 Å². The minimum atomic E-state index is -4.54. The number of halogens is 3. The Bertz CT molecular complexity index is 622. The molecule has 9 heteroatoms. The van der Waals surface area contributed by atoms with Crippen LogP contribution in [0.4, 0.5) is 19.1 Å². The summed E-state index contributed by atoms with van der Waals surface area (Å²) >= 11 is 0. The minimum Gasteiger partial charge on any atom is -0.354 e. The van der Waals surface area contributed by atoms with Gasteiger partial charge in [0.25, 0.3) is 0 Å². The molecule has 0 aliphatic carbocycles. The number of aromatic nitrogens is 4. The van der Waals surface area contributed by atoms with Crippen LogP contribution >= 0.6 is 0 Å².